The molecule has 1 rings (SSSR count). The summed E-state index contributed by atoms with van der Waals surface area (Å²) in [6.45, 7) is 4.23. The summed E-state index contributed by atoms with van der Waals surface area (Å²) in [5.41, 5.74) is 3.54. The molecule has 0 aliphatic carbocycles. The van der Waals surface area contributed by atoms with Crippen LogP contribution >= 0.6 is 0 Å². The fraction of sp³-hybridized carbons (Fsp3) is 0.556. The highest BCUT2D eigenvalue weighted by Crippen LogP contribution is 2.02. The van der Waals surface area contributed by atoms with E-state index in [0.29, 0.717) is 6.54 Å². The predicted octanol–water partition coefficient (Wildman–Crippen LogP) is 0.548. The summed E-state index contributed by atoms with van der Waals surface area (Å²) >= 11 is 0. The van der Waals surface area contributed by atoms with Crippen LogP contribution in [0.2, 0.25) is 0 Å². The molecule has 2 N–H and O–H groups in total. The Labute approximate surface area is 87.8 Å². The van der Waals surface area contributed by atoms with Gasteiger partial charge in [0.25, 0.3) is 0 Å². The summed E-state index contributed by atoms with van der Waals surface area (Å²) in [6, 6.07) is 1.51. The molecule has 1 heterocycles. The average molecular weight is 213 g/mol. The van der Waals surface area contributed by atoms with Gasteiger partial charge in [-0.05, 0) is 19.9 Å². The van der Waals surface area contributed by atoms with Crippen molar-refractivity contribution in [3.63, 3.8) is 0 Å². The van der Waals surface area contributed by atoms with Gasteiger partial charge in [0.15, 0.2) is 5.69 Å². The molecule has 0 aromatic carbocycles. The van der Waals surface area contributed by atoms with Crippen molar-refractivity contribution in [2.45, 2.75) is 26.5 Å². The normalized spacial score (nSPS) is 10.9. The molecule has 0 spiro atoms. The SMILES string of the molecule is CC(C)ONCc1cc(C(=O)O)nn1C. The molecule has 1 aromatic heterocycles. The number of nitrogens with zero attached hydrogens (tertiary/aromatic N) is 2. The quantitative estimate of drug-likeness (QED) is 0.698. The van der Waals surface area contributed by atoms with Gasteiger partial charge in [0.05, 0.1) is 18.3 Å². The van der Waals surface area contributed by atoms with Crippen molar-refractivity contribution in [1.82, 2.24) is 15.3 Å². The lowest BCUT2D eigenvalue weighted by molar-refractivity contribution is -0.00984. The van der Waals surface area contributed by atoms with Gasteiger partial charge < -0.3 is 5.11 Å². The molecule has 15 heavy (non-hydrogen) atoms. The lowest BCUT2D eigenvalue weighted by atomic mass is 10.3. The van der Waals surface area contributed by atoms with Crippen LogP contribution in [-0.4, -0.2) is 27.0 Å². The first kappa shape index (κ1) is 11.7. The van der Waals surface area contributed by atoms with E-state index < -0.39 is 5.97 Å². The van der Waals surface area contributed by atoms with E-state index in [1.54, 1.807) is 7.05 Å². The van der Waals surface area contributed by atoms with Gasteiger partial charge in [0, 0.05) is 7.05 Å². The van der Waals surface area contributed by atoms with Gasteiger partial charge in [-0.25, -0.2) is 4.79 Å². The fourth-order valence-electron chi connectivity index (χ4n) is 1.06. The van der Waals surface area contributed by atoms with Crippen molar-refractivity contribution in [1.29, 1.82) is 0 Å². The smallest absolute Gasteiger partial charge is 0.356 e. The summed E-state index contributed by atoms with van der Waals surface area (Å²) in [5.74, 6) is -1.03. The highest BCUT2D eigenvalue weighted by molar-refractivity contribution is 5.85. The minimum absolute atomic E-state index is 0.0406. The van der Waals surface area contributed by atoms with E-state index in [9.17, 15) is 4.79 Å². The number of nitrogens with one attached hydrogen (secondary N) is 1. The van der Waals surface area contributed by atoms with Gasteiger partial charge >= 0.3 is 5.97 Å². The van der Waals surface area contributed by atoms with Crippen LogP contribution in [0, 0.1) is 0 Å². The summed E-state index contributed by atoms with van der Waals surface area (Å²) in [6.07, 6.45) is 0.0807. The molecule has 0 bridgehead atoms. The number of rotatable bonds is 5. The Balaban J connectivity index is 2.57. The third-order valence-electron chi connectivity index (χ3n) is 1.77. The van der Waals surface area contributed by atoms with Gasteiger partial charge in [-0.3, -0.25) is 9.52 Å². The standard InChI is InChI=1S/C9H15N3O3/c1-6(2)15-10-5-7-4-8(9(13)14)11-12(7)3/h4,6,10H,5H2,1-3H3,(H,13,14). The molecule has 0 unspecified atom stereocenters. The van der Waals surface area contributed by atoms with Gasteiger partial charge in [-0.1, -0.05) is 0 Å². The number of hydrogen-bond acceptors (Lipinski definition) is 4. The molecule has 0 aliphatic rings. The Morgan fingerprint density at radius 3 is 2.87 bits per heavy atom. The first-order valence-electron chi connectivity index (χ1n) is 4.65. The minimum atomic E-state index is -1.03. The van der Waals surface area contributed by atoms with E-state index in [4.69, 9.17) is 9.94 Å². The van der Waals surface area contributed by atoms with E-state index in [-0.39, 0.29) is 11.8 Å². The van der Waals surface area contributed by atoms with Crippen LogP contribution in [0.25, 0.3) is 0 Å². The number of aryl methyl sites for hydroxylation is 1. The van der Waals surface area contributed by atoms with Crippen LogP contribution < -0.4 is 5.48 Å². The zero-order valence-corrected chi connectivity index (χ0v) is 9.02. The first-order valence-corrected chi connectivity index (χ1v) is 4.65. The van der Waals surface area contributed by atoms with Crippen molar-refractivity contribution in [3.8, 4) is 0 Å². The monoisotopic (exact) mass is 213 g/mol. The molecule has 0 radical (unpaired) electrons. The van der Waals surface area contributed by atoms with Crippen LogP contribution in [0.1, 0.15) is 30.0 Å². The predicted molar refractivity (Wildman–Crippen MR) is 53.2 cm³/mol. The number of carboxylic acids is 1. The van der Waals surface area contributed by atoms with E-state index in [1.165, 1.54) is 10.7 Å². The Kier molecular flexibility index (Phi) is 3.81. The molecule has 0 aliphatic heterocycles. The maximum atomic E-state index is 10.6. The minimum Gasteiger partial charge on any atom is -0.476 e. The third-order valence-corrected chi connectivity index (χ3v) is 1.77. The van der Waals surface area contributed by atoms with Gasteiger partial charge in [0.1, 0.15) is 0 Å². The summed E-state index contributed by atoms with van der Waals surface area (Å²) in [5, 5.41) is 12.5. The summed E-state index contributed by atoms with van der Waals surface area (Å²) < 4.78 is 1.51. The van der Waals surface area contributed by atoms with E-state index in [1.807, 2.05) is 13.8 Å². The third kappa shape index (κ3) is 3.34. The first-order chi connectivity index (χ1) is 7.00. The Bertz CT molecular complexity index is 346. The van der Waals surface area contributed by atoms with Crippen LogP contribution in [0.5, 0.6) is 0 Å². The molecule has 0 fully saturated rings. The molecular formula is C9H15N3O3. The molecule has 0 saturated heterocycles. The average Bonchev–Trinajstić information content (AvgIpc) is 2.47. The number of aromatic nitrogens is 2. The highest BCUT2D eigenvalue weighted by atomic mass is 16.7. The highest BCUT2D eigenvalue weighted by Gasteiger charge is 2.10. The summed E-state index contributed by atoms with van der Waals surface area (Å²) in [7, 11) is 1.69. The molecular weight excluding hydrogens is 198 g/mol. The molecule has 1 aromatic rings. The van der Waals surface area contributed by atoms with Crippen molar-refractivity contribution < 1.29 is 14.7 Å². The van der Waals surface area contributed by atoms with Crippen molar-refractivity contribution in [2.24, 2.45) is 7.05 Å². The molecule has 6 heteroatoms. The number of hydroxylamine groups is 1. The number of carboxylic acid groups (broad SMARTS) is 1. The maximum absolute atomic E-state index is 10.6. The topological polar surface area (TPSA) is 76.4 Å². The lowest BCUT2D eigenvalue weighted by Crippen LogP contribution is -2.20. The molecule has 6 nitrogen and oxygen atoms in total. The molecule has 0 amide bonds. The van der Waals surface area contributed by atoms with Gasteiger partial charge in [-0.15, -0.1) is 0 Å². The number of aromatic carboxylic acids is 1. The van der Waals surface area contributed by atoms with Crippen molar-refractivity contribution in [2.75, 3.05) is 0 Å². The zero-order valence-electron chi connectivity index (χ0n) is 9.02. The summed E-state index contributed by atoms with van der Waals surface area (Å²) in [4.78, 5) is 15.8. The second-order valence-corrected chi connectivity index (χ2v) is 3.44. The van der Waals surface area contributed by atoms with Crippen LogP contribution in [-0.2, 0) is 18.4 Å². The van der Waals surface area contributed by atoms with Crippen molar-refractivity contribution >= 4 is 5.97 Å². The van der Waals surface area contributed by atoms with E-state index >= 15 is 0 Å². The molecule has 0 saturated carbocycles. The second-order valence-electron chi connectivity index (χ2n) is 3.44. The fourth-order valence-corrected chi connectivity index (χ4v) is 1.06. The Morgan fingerprint density at radius 2 is 2.40 bits per heavy atom. The van der Waals surface area contributed by atoms with E-state index in [2.05, 4.69) is 10.6 Å². The van der Waals surface area contributed by atoms with Crippen LogP contribution in [0.4, 0.5) is 0 Å². The van der Waals surface area contributed by atoms with Crippen molar-refractivity contribution in [3.05, 3.63) is 17.5 Å². The number of hydrogen-bond donors (Lipinski definition) is 2. The largest absolute Gasteiger partial charge is 0.476 e. The lowest BCUT2D eigenvalue weighted by Gasteiger charge is -2.08. The maximum Gasteiger partial charge on any atom is 0.356 e. The Hall–Kier alpha value is -1.40. The van der Waals surface area contributed by atoms with Crippen LogP contribution in [0.3, 0.4) is 0 Å². The Morgan fingerprint density at radius 1 is 1.73 bits per heavy atom. The van der Waals surface area contributed by atoms with Gasteiger partial charge in [0.2, 0.25) is 0 Å². The zero-order chi connectivity index (χ0) is 11.4. The van der Waals surface area contributed by atoms with Gasteiger partial charge in [-0.2, -0.15) is 10.6 Å². The van der Waals surface area contributed by atoms with Crippen LogP contribution in [0.15, 0.2) is 6.07 Å². The second kappa shape index (κ2) is 4.90. The molecule has 0 atom stereocenters. The molecule has 84 valence electrons. The van der Waals surface area contributed by atoms with E-state index in [0.717, 1.165) is 5.69 Å². The number of carbonyl (C=O) groups is 1.